The fourth-order valence-corrected chi connectivity index (χ4v) is 2.92. The molecule has 0 spiro atoms. The number of piperazine rings is 1. The normalized spacial score (nSPS) is 22.5. The number of nitrogens with one attached hydrogen (secondary N) is 1. The van der Waals surface area contributed by atoms with Crippen LogP contribution in [0.25, 0.3) is 0 Å². The van der Waals surface area contributed by atoms with E-state index in [-0.39, 0.29) is 0 Å². The average molecular weight is 263 g/mol. The van der Waals surface area contributed by atoms with Gasteiger partial charge in [0.2, 0.25) is 0 Å². The van der Waals surface area contributed by atoms with Crippen LogP contribution in [0, 0.1) is 0 Å². The quantitative estimate of drug-likeness (QED) is 0.883. The molecule has 1 aliphatic rings. The van der Waals surface area contributed by atoms with Gasteiger partial charge in [0.15, 0.2) is 0 Å². The highest BCUT2D eigenvalue weighted by molar-refractivity contribution is 5.37. The van der Waals surface area contributed by atoms with E-state index in [9.17, 15) is 0 Å². The Balaban J connectivity index is 2.33. The lowest BCUT2D eigenvalue weighted by atomic mass is 9.95. The SMILES string of the molecule is COc1ccccc1C(C1CNCCN1C)N(C)C. The zero-order valence-corrected chi connectivity index (χ0v) is 12.4. The topological polar surface area (TPSA) is 27.7 Å². The summed E-state index contributed by atoms with van der Waals surface area (Å²) < 4.78 is 5.54. The van der Waals surface area contributed by atoms with E-state index in [1.165, 1.54) is 5.56 Å². The van der Waals surface area contributed by atoms with Crippen molar-refractivity contribution in [3.8, 4) is 5.75 Å². The highest BCUT2D eigenvalue weighted by atomic mass is 16.5. The van der Waals surface area contributed by atoms with E-state index in [1.54, 1.807) is 7.11 Å². The molecule has 0 bridgehead atoms. The Morgan fingerprint density at radius 3 is 2.74 bits per heavy atom. The van der Waals surface area contributed by atoms with Crippen LogP contribution in [0.4, 0.5) is 0 Å². The van der Waals surface area contributed by atoms with Crippen molar-refractivity contribution in [2.75, 3.05) is 47.9 Å². The van der Waals surface area contributed by atoms with Crippen LogP contribution >= 0.6 is 0 Å². The summed E-state index contributed by atoms with van der Waals surface area (Å²) >= 11 is 0. The Bertz CT molecular complexity index is 408. The number of nitrogens with zero attached hydrogens (tertiary/aromatic N) is 2. The van der Waals surface area contributed by atoms with Crippen molar-refractivity contribution in [3.05, 3.63) is 29.8 Å². The van der Waals surface area contributed by atoms with E-state index >= 15 is 0 Å². The smallest absolute Gasteiger partial charge is 0.123 e. The van der Waals surface area contributed by atoms with Gasteiger partial charge in [-0.05, 0) is 27.2 Å². The number of ether oxygens (including phenoxy) is 1. The molecule has 0 saturated carbocycles. The minimum absolute atomic E-state index is 0.328. The number of para-hydroxylation sites is 1. The maximum Gasteiger partial charge on any atom is 0.123 e. The highest BCUT2D eigenvalue weighted by Crippen LogP contribution is 2.32. The number of likely N-dealkylation sites (N-methyl/N-ethyl adjacent to an activating group) is 2. The van der Waals surface area contributed by atoms with E-state index in [4.69, 9.17) is 4.74 Å². The predicted octanol–water partition coefficient (Wildman–Crippen LogP) is 1.20. The summed E-state index contributed by atoms with van der Waals surface area (Å²) in [6.07, 6.45) is 0. The second kappa shape index (κ2) is 6.37. The van der Waals surface area contributed by atoms with Gasteiger partial charge in [0, 0.05) is 31.2 Å². The summed E-state index contributed by atoms with van der Waals surface area (Å²) in [6.45, 7) is 3.17. The van der Waals surface area contributed by atoms with Gasteiger partial charge in [-0.2, -0.15) is 0 Å². The third kappa shape index (κ3) is 3.08. The first-order chi connectivity index (χ1) is 9.15. The first kappa shape index (κ1) is 14.3. The van der Waals surface area contributed by atoms with E-state index < -0.39 is 0 Å². The van der Waals surface area contributed by atoms with E-state index in [1.807, 2.05) is 12.1 Å². The predicted molar refractivity (Wildman–Crippen MR) is 78.7 cm³/mol. The number of methoxy groups -OCH3 is 1. The molecule has 106 valence electrons. The number of rotatable bonds is 4. The van der Waals surface area contributed by atoms with E-state index in [2.05, 4.69) is 48.4 Å². The summed E-state index contributed by atoms with van der Waals surface area (Å²) in [4.78, 5) is 4.72. The molecule has 1 aliphatic heterocycles. The summed E-state index contributed by atoms with van der Waals surface area (Å²) in [7, 11) is 8.23. The molecule has 0 aromatic heterocycles. The second-order valence-electron chi connectivity index (χ2n) is 5.40. The van der Waals surface area contributed by atoms with Gasteiger partial charge < -0.3 is 15.0 Å². The number of hydrogen-bond donors (Lipinski definition) is 1. The third-order valence-corrected chi connectivity index (χ3v) is 3.94. The molecule has 2 unspecified atom stereocenters. The molecule has 4 heteroatoms. The van der Waals surface area contributed by atoms with Crippen molar-refractivity contribution < 1.29 is 4.74 Å². The summed E-state index contributed by atoms with van der Waals surface area (Å²) in [6, 6.07) is 9.12. The molecule has 0 aliphatic carbocycles. The van der Waals surface area contributed by atoms with Crippen molar-refractivity contribution in [2.45, 2.75) is 12.1 Å². The zero-order chi connectivity index (χ0) is 13.8. The van der Waals surface area contributed by atoms with Gasteiger partial charge in [-0.3, -0.25) is 4.90 Å². The Morgan fingerprint density at radius 2 is 2.11 bits per heavy atom. The molecule has 1 N–H and O–H groups in total. The summed E-state index contributed by atoms with van der Waals surface area (Å²) in [5.41, 5.74) is 1.26. The lowest BCUT2D eigenvalue weighted by Crippen LogP contribution is -2.54. The molecule has 19 heavy (non-hydrogen) atoms. The minimum atomic E-state index is 0.328. The maximum absolute atomic E-state index is 5.54. The van der Waals surface area contributed by atoms with Gasteiger partial charge in [-0.15, -0.1) is 0 Å². The largest absolute Gasteiger partial charge is 0.496 e. The average Bonchev–Trinajstić information content (AvgIpc) is 2.41. The van der Waals surface area contributed by atoms with Crippen LogP contribution < -0.4 is 10.1 Å². The lowest BCUT2D eigenvalue weighted by Gasteiger charge is -2.41. The van der Waals surface area contributed by atoms with Crippen molar-refractivity contribution >= 4 is 0 Å². The molecule has 0 amide bonds. The molecule has 1 fully saturated rings. The Labute approximate surface area is 116 Å². The summed E-state index contributed by atoms with van der Waals surface area (Å²) in [5.74, 6) is 0.972. The van der Waals surface area contributed by atoms with Gasteiger partial charge >= 0.3 is 0 Å². The first-order valence-corrected chi connectivity index (χ1v) is 6.85. The molecule has 1 aromatic carbocycles. The van der Waals surface area contributed by atoms with Crippen LogP contribution in [0.5, 0.6) is 5.75 Å². The Morgan fingerprint density at radius 1 is 1.37 bits per heavy atom. The molecule has 1 aromatic rings. The van der Waals surface area contributed by atoms with Crippen molar-refractivity contribution in [2.24, 2.45) is 0 Å². The van der Waals surface area contributed by atoms with Crippen LogP contribution in [0.3, 0.4) is 0 Å². The maximum atomic E-state index is 5.54. The van der Waals surface area contributed by atoms with Gasteiger partial charge in [0.1, 0.15) is 5.75 Å². The van der Waals surface area contributed by atoms with Gasteiger partial charge in [-0.1, -0.05) is 18.2 Å². The first-order valence-electron chi connectivity index (χ1n) is 6.85. The lowest BCUT2D eigenvalue weighted by molar-refractivity contribution is 0.106. The Kier molecular flexibility index (Phi) is 4.80. The van der Waals surface area contributed by atoms with Crippen molar-refractivity contribution in [1.82, 2.24) is 15.1 Å². The molecular weight excluding hydrogens is 238 g/mol. The summed E-state index contributed by atoms with van der Waals surface area (Å²) in [5, 5.41) is 3.50. The zero-order valence-electron chi connectivity index (χ0n) is 12.4. The van der Waals surface area contributed by atoms with Gasteiger partial charge in [-0.25, -0.2) is 0 Å². The van der Waals surface area contributed by atoms with Gasteiger partial charge in [0.05, 0.1) is 13.2 Å². The van der Waals surface area contributed by atoms with E-state index in [0.29, 0.717) is 12.1 Å². The number of hydrogen-bond acceptors (Lipinski definition) is 4. The second-order valence-corrected chi connectivity index (χ2v) is 5.40. The van der Waals surface area contributed by atoms with Crippen LogP contribution in [0.2, 0.25) is 0 Å². The molecule has 1 heterocycles. The minimum Gasteiger partial charge on any atom is -0.496 e. The molecule has 4 nitrogen and oxygen atoms in total. The van der Waals surface area contributed by atoms with Gasteiger partial charge in [0.25, 0.3) is 0 Å². The van der Waals surface area contributed by atoms with Crippen LogP contribution in [-0.2, 0) is 0 Å². The fraction of sp³-hybridized carbons (Fsp3) is 0.600. The van der Waals surface area contributed by atoms with Crippen molar-refractivity contribution in [1.29, 1.82) is 0 Å². The molecule has 1 saturated heterocycles. The third-order valence-electron chi connectivity index (χ3n) is 3.94. The highest BCUT2D eigenvalue weighted by Gasteiger charge is 2.31. The van der Waals surface area contributed by atoms with Crippen LogP contribution in [0.1, 0.15) is 11.6 Å². The van der Waals surface area contributed by atoms with Crippen LogP contribution in [0.15, 0.2) is 24.3 Å². The molecular formula is C15H25N3O. The molecule has 0 radical (unpaired) electrons. The van der Waals surface area contributed by atoms with Crippen molar-refractivity contribution in [3.63, 3.8) is 0 Å². The van der Waals surface area contributed by atoms with Crippen LogP contribution in [-0.4, -0.2) is 63.7 Å². The standard InChI is InChI=1S/C15H25N3O/c1-17(2)15(13-11-16-9-10-18(13)3)12-7-5-6-8-14(12)19-4/h5-8,13,15-16H,9-11H2,1-4H3. The van der Waals surface area contributed by atoms with E-state index in [0.717, 1.165) is 25.4 Å². The fourth-order valence-electron chi connectivity index (χ4n) is 2.92. The molecule has 2 atom stereocenters. The Hall–Kier alpha value is -1.10. The monoisotopic (exact) mass is 263 g/mol. The number of benzene rings is 1. The molecule has 2 rings (SSSR count).